The van der Waals surface area contributed by atoms with Gasteiger partial charge in [0.25, 0.3) is 0 Å². The number of hydrogen-bond acceptors (Lipinski definition) is 1. The van der Waals surface area contributed by atoms with Gasteiger partial charge in [-0.25, -0.2) is 0 Å². The van der Waals surface area contributed by atoms with Gasteiger partial charge in [-0.1, -0.05) is 13.8 Å². The van der Waals surface area contributed by atoms with Crippen LogP contribution in [-0.2, 0) is 0 Å². The average Bonchev–Trinajstić information content (AvgIpc) is 2.10. The Morgan fingerprint density at radius 3 is 2.50 bits per heavy atom. The molecule has 1 nitrogen and oxygen atoms in total. The normalized spacial score (nSPS) is 11.9. The lowest BCUT2D eigenvalue weighted by Crippen LogP contribution is -2.03. The zero-order valence-electron chi connectivity index (χ0n) is 8.27. The number of hydrogen-bond donors (Lipinski definition) is 1. The van der Waals surface area contributed by atoms with Crippen LogP contribution in [0.1, 0.15) is 52.4 Å². The van der Waals surface area contributed by atoms with Crippen LogP contribution in [0.4, 0.5) is 0 Å². The van der Waals surface area contributed by atoms with Crippen LogP contribution in [0.3, 0.4) is 0 Å². The molecule has 0 heterocycles. The highest BCUT2D eigenvalue weighted by Gasteiger charge is 1.98. The second kappa shape index (κ2) is 8.62. The molecule has 1 atom stereocenters. The first-order chi connectivity index (χ1) is 5.81. The summed E-state index contributed by atoms with van der Waals surface area (Å²) in [6.45, 7) is 4.08. The highest BCUT2D eigenvalue weighted by atomic mass is 16.3. The van der Waals surface area contributed by atoms with Crippen molar-refractivity contribution in [1.82, 2.24) is 0 Å². The Kier molecular flexibility index (Phi) is 8.27. The summed E-state index contributed by atoms with van der Waals surface area (Å²) in [6.07, 6.45) is 5.90. The van der Waals surface area contributed by atoms with Gasteiger partial charge in [0.1, 0.15) is 0 Å². The molecule has 0 aliphatic rings. The van der Waals surface area contributed by atoms with E-state index in [1.165, 1.54) is 0 Å². The summed E-state index contributed by atoms with van der Waals surface area (Å²) >= 11 is 0. The van der Waals surface area contributed by atoms with Crippen molar-refractivity contribution >= 4 is 0 Å². The molecule has 0 aromatic rings. The second-order valence-electron chi connectivity index (χ2n) is 3.01. The van der Waals surface area contributed by atoms with Gasteiger partial charge in [-0.05, 0) is 25.7 Å². The SMILES string of the molecule is CCC#CCCCCC(O)CC. The molecule has 0 spiro atoms. The monoisotopic (exact) mass is 168 g/mol. The summed E-state index contributed by atoms with van der Waals surface area (Å²) in [6, 6.07) is 0. The third kappa shape index (κ3) is 7.63. The Morgan fingerprint density at radius 1 is 1.17 bits per heavy atom. The number of aliphatic hydroxyl groups is 1. The van der Waals surface area contributed by atoms with E-state index in [0.717, 1.165) is 38.5 Å². The molecule has 0 bridgehead atoms. The van der Waals surface area contributed by atoms with Gasteiger partial charge in [0, 0.05) is 12.8 Å². The number of aliphatic hydroxyl groups excluding tert-OH is 1. The van der Waals surface area contributed by atoms with Gasteiger partial charge >= 0.3 is 0 Å². The van der Waals surface area contributed by atoms with Crippen LogP contribution < -0.4 is 0 Å². The quantitative estimate of drug-likeness (QED) is 0.494. The van der Waals surface area contributed by atoms with E-state index in [4.69, 9.17) is 0 Å². The number of unbranched alkanes of at least 4 members (excludes halogenated alkanes) is 2. The van der Waals surface area contributed by atoms with Crippen molar-refractivity contribution in [2.45, 2.75) is 58.5 Å². The smallest absolute Gasteiger partial charge is 0.0537 e. The molecule has 70 valence electrons. The second-order valence-corrected chi connectivity index (χ2v) is 3.01. The van der Waals surface area contributed by atoms with Crippen molar-refractivity contribution in [2.75, 3.05) is 0 Å². The minimum Gasteiger partial charge on any atom is -0.393 e. The molecular formula is C11H20O. The van der Waals surface area contributed by atoms with Crippen LogP contribution in [-0.4, -0.2) is 11.2 Å². The van der Waals surface area contributed by atoms with Gasteiger partial charge in [0.05, 0.1) is 6.10 Å². The third-order valence-electron chi connectivity index (χ3n) is 1.86. The predicted octanol–water partition coefficient (Wildman–Crippen LogP) is 2.73. The maximum absolute atomic E-state index is 9.22. The first kappa shape index (κ1) is 11.5. The van der Waals surface area contributed by atoms with Crippen LogP contribution in [0.2, 0.25) is 0 Å². The Labute approximate surface area is 76.2 Å². The van der Waals surface area contributed by atoms with Gasteiger partial charge < -0.3 is 5.11 Å². The van der Waals surface area contributed by atoms with Crippen molar-refractivity contribution in [3.63, 3.8) is 0 Å². The van der Waals surface area contributed by atoms with Crippen molar-refractivity contribution in [3.8, 4) is 11.8 Å². The van der Waals surface area contributed by atoms with Crippen molar-refractivity contribution < 1.29 is 5.11 Å². The molecule has 0 aliphatic carbocycles. The fourth-order valence-corrected chi connectivity index (χ4v) is 1.01. The van der Waals surface area contributed by atoms with E-state index in [1.807, 2.05) is 6.92 Å². The molecule has 0 saturated carbocycles. The molecule has 0 aromatic heterocycles. The highest BCUT2D eigenvalue weighted by molar-refractivity contribution is 4.97. The topological polar surface area (TPSA) is 20.2 Å². The van der Waals surface area contributed by atoms with E-state index in [2.05, 4.69) is 18.8 Å². The lowest BCUT2D eigenvalue weighted by Gasteiger charge is -2.04. The van der Waals surface area contributed by atoms with E-state index >= 15 is 0 Å². The summed E-state index contributed by atoms with van der Waals surface area (Å²) in [4.78, 5) is 0. The molecular weight excluding hydrogens is 148 g/mol. The first-order valence-corrected chi connectivity index (χ1v) is 4.95. The Bertz CT molecular complexity index is 141. The van der Waals surface area contributed by atoms with E-state index in [-0.39, 0.29) is 6.10 Å². The van der Waals surface area contributed by atoms with Gasteiger partial charge in [0.15, 0.2) is 0 Å². The molecule has 0 amide bonds. The standard InChI is InChI=1S/C11H20O/c1-3-5-6-7-8-9-10-11(12)4-2/h11-12H,3-4,7-10H2,1-2H3. The third-order valence-corrected chi connectivity index (χ3v) is 1.86. The molecule has 1 N–H and O–H groups in total. The van der Waals surface area contributed by atoms with Crippen LogP contribution in [0.25, 0.3) is 0 Å². The lowest BCUT2D eigenvalue weighted by atomic mass is 10.1. The van der Waals surface area contributed by atoms with Crippen molar-refractivity contribution in [2.24, 2.45) is 0 Å². The average molecular weight is 168 g/mol. The molecule has 1 unspecified atom stereocenters. The summed E-state index contributed by atoms with van der Waals surface area (Å²) in [5.41, 5.74) is 0. The highest BCUT2D eigenvalue weighted by Crippen LogP contribution is 2.05. The maximum Gasteiger partial charge on any atom is 0.0537 e. The first-order valence-electron chi connectivity index (χ1n) is 4.95. The molecule has 0 saturated heterocycles. The molecule has 0 aliphatic heterocycles. The zero-order valence-corrected chi connectivity index (χ0v) is 8.27. The summed E-state index contributed by atoms with van der Waals surface area (Å²) in [5, 5.41) is 9.22. The van der Waals surface area contributed by atoms with Gasteiger partial charge in [-0.2, -0.15) is 0 Å². The Balaban J connectivity index is 3.10. The Morgan fingerprint density at radius 2 is 1.92 bits per heavy atom. The van der Waals surface area contributed by atoms with Crippen LogP contribution in [0.15, 0.2) is 0 Å². The van der Waals surface area contributed by atoms with Gasteiger partial charge in [-0.3, -0.25) is 0 Å². The molecule has 0 aromatic carbocycles. The lowest BCUT2D eigenvalue weighted by molar-refractivity contribution is 0.157. The van der Waals surface area contributed by atoms with Crippen LogP contribution in [0, 0.1) is 11.8 Å². The zero-order chi connectivity index (χ0) is 9.23. The van der Waals surface area contributed by atoms with Gasteiger partial charge in [-0.15, -0.1) is 11.8 Å². The van der Waals surface area contributed by atoms with E-state index in [9.17, 15) is 5.11 Å². The summed E-state index contributed by atoms with van der Waals surface area (Å²) in [7, 11) is 0. The molecule has 0 rings (SSSR count). The van der Waals surface area contributed by atoms with Crippen LogP contribution in [0.5, 0.6) is 0 Å². The maximum atomic E-state index is 9.22. The van der Waals surface area contributed by atoms with Gasteiger partial charge in [0.2, 0.25) is 0 Å². The molecule has 0 fully saturated rings. The fraction of sp³-hybridized carbons (Fsp3) is 0.818. The Hall–Kier alpha value is -0.480. The van der Waals surface area contributed by atoms with E-state index in [0.29, 0.717) is 0 Å². The largest absolute Gasteiger partial charge is 0.393 e. The van der Waals surface area contributed by atoms with Crippen molar-refractivity contribution in [1.29, 1.82) is 0 Å². The molecule has 1 heteroatoms. The molecule has 0 radical (unpaired) electrons. The van der Waals surface area contributed by atoms with E-state index in [1.54, 1.807) is 0 Å². The fourth-order valence-electron chi connectivity index (χ4n) is 1.01. The minimum absolute atomic E-state index is 0.0934. The number of rotatable bonds is 5. The van der Waals surface area contributed by atoms with Crippen molar-refractivity contribution in [3.05, 3.63) is 0 Å². The predicted molar refractivity (Wildman–Crippen MR) is 52.8 cm³/mol. The minimum atomic E-state index is -0.0934. The van der Waals surface area contributed by atoms with E-state index < -0.39 is 0 Å². The molecule has 12 heavy (non-hydrogen) atoms. The van der Waals surface area contributed by atoms with Crippen LogP contribution >= 0.6 is 0 Å². The summed E-state index contributed by atoms with van der Waals surface area (Å²) < 4.78 is 0. The summed E-state index contributed by atoms with van der Waals surface area (Å²) in [5.74, 6) is 6.13.